The average Bonchev–Trinajstić information content (AvgIpc) is 3.22. The monoisotopic (exact) mass is 276 g/mol. The minimum atomic E-state index is 0.322. The Balaban J connectivity index is 1.70. The van der Waals surface area contributed by atoms with Crippen molar-refractivity contribution in [1.29, 1.82) is 0 Å². The molecule has 0 bridgehead atoms. The summed E-state index contributed by atoms with van der Waals surface area (Å²) in [6.07, 6.45) is 5.09. The van der Waals surface area contributed by atoms with Gasteiger partial charge in [-0.15, -0.1) is 0 Å². The van der Waals surface area contributed by atoms with E-state index < -0.39 is 0 Å². The number of rotatable bonds is 4. The fourth-order valence-corrected chi connectivity index (χ4v) is 3.53. The van der Waals surface area contributed by atoms with Gasteiger partial charge in [0, 0.05) is 25.7 Å². The number of nitrogens with one attached hydrogen (secondary N) is 1. The van der Waals surface area contributed by atoms with Gasteiger partial charge in [0.05, 0.1) is 11.4 Å². The predicted molar refractivity (Wildman–Crippen MR) is 81.6 cm³/mol. The number of nitrogens with zero attached hydrogens (tertiary/aromatic N) is 3. The van der Waals surface area contributed by atoms with Crippen molar-refractivity contribution in [2.45, 2.75) is 51.6 Å². The van der Waals surface area contributed by atoms with Crippen LogP contribution in [0.15, 0.2) is 6.07 Å². The van der Waals surface area contributed by atoms with Crippen LogP contribution in [0.1, 0.15) is 44.5 Å². The van der Waals surface area contributed by atoms with Gasteiger partial charge in [0.15, 0.2) is 0 Å². The Morgan fingerprint density at radius 3 is 2.90 bits per heavy atom. The summed E-state index contributed by atoms with van der Waals surface area (Å²) in [5, 5.41) is 8.38. The molecule has 2 heterocycles. The molecule has 0 aromatic carbocycles. The molecule has 4 heteroatoms. The molecular formula is C16H28N4. The van der Waals surface area contributed by atoms with Gasteiger partial charge in [0.1, 0.15) is 0 Å². The van der Waals surface area contributed by atoms with Crippen LogP contribution in [0.5, 0.6) is 0 Å². The Morgan fingerprint density at radius 1 is 1.45 bits per heavy atom. The van der Waals surface area contributed by atoms with Crippen LogP contribution in [0.2, 0.25) is 0 Å². The lowest BCUT2D eigenvalue weighted by atomic mass is 9.95. The van der Waals surface area contributed by atoms with E-state index >= 15 is 0 Å². The maximum Gasteiger partial charge on any atom is 0.0625 e. The quantitative estimate of drug-likeness (QED) is 0.912. The standard InChI is InChI=1S/C16H28N4/c1-4-14-10-15(19(3)18-14)11-20-9-5-8-17-16(2,12-20)13-6-7-13/h10,13,17H,4-9,11-12H2,1-3H3. The maximum atomic E-state index is 4.58. The Bertz CT molecular complexity index is 463. The summed E-state index contributed by atoms with van der Waals surface area (Å²) in [7, 11) is 2.07. The Morgan fingerprint density at radius 2 is 2.25 bits per heavy atom. The van der Waals surface area contributed by atoms with Gasteiger partial charge in [-0.25, -0.2) is 0 Å². The molecule has 1 saturated carbocycles. The topological polar surface area (TPSA) is 33.1 Å². The van der Waals surface area contributed by atoms with Crippen molar-refractivity contribution in [1.82, 2.24) is 20.0 Å². The van der Waals surface area contributed by atoms with Crippen LogP contribution in [0.25, 0.3) is 0 Å². The third-order valence-corrected chi connectivity index (χ3v) is 4.99. The van der Waals surface area contributed by atoms with Crippen molar-refractivity contribution in [3.63, 3.8) is 0 Å². The van der Waals surface area contributed by atoms with Crippen molar-refractivity contribution in [3.8, 4) is 0 Å². The lowest BCUT2D eigenvalue weighted by Crippen LogP contribution is -2.50. The third-order valence-electron chi connectivity index (χ3n) is 4.99. The van der Waals surface area contributed by atoms with E-state index in [2.05, 4.69) is 47.0 Å². The summed E-state index contributed by atoms with van der Waals surface area (Å²) < 4.78 is 2.06. The highest BCUT2D eigenvalue weighted by Crippen LogP contribution is 2.40. The van der Waals surface area contributed by atoms with Gasteiger partial charge in [0.25, 0.3) is 0 Å². The fraction of sp³-hybridized carbons (Fsp3) is 0.812. The van der Waals surface area contributed by atoms with Gasteiger partial charge < -0.3 is 5.32 Å². The van der Waals surface area contributed by atoms with E-state index in [1.165, 1.54) is 43.7 Å². The van der Waals surface area contributed by atoms with Crippen LogP contribution in [-0.4, -0.2) is 39.9 Å². The van der Waals surface area contributed by atoms with Crippen molar-refractivity contribution in [2.24, 2.45) is 13.0 Å². The zero-order valence-electron chi connectivity index (χ0n) is 13.2. The SMILES string of the molecule is CCc1cc(CN2CCCNC(C)(C3CC3)C2)n(C)n1. The molecule has 1 aromatic heterocycles. The first-order valence-corrected chi connectivity index (χ1v) is 8.10. The van der Waals surface area contributed by atoms with E-state index in [0.717, 1.165) is 25.4 Å². The summed E-state index contributed by atoms with van der Waals surface area (Å²) in [6, 6.07) is 2.27. The maximum absolute atomic E-state index is 4.58. The molecule has 1 atom stereocenters. The van der Waals surface area contributed by atoms with Crippen molar-refractivity contribution < 1.29 is 0 Å². The van der Waals surface area contributed by atoms with Crippen LogP contribution in [-0.2, 0) is 20.0 Å². The van der Waals surface area contributed by atoms with Crippen molar-refractivity contribution in [3.05, 3.63) is 17.5 Å². The van der Waals surface area contributed by atoms with E-state index in [0.29, 0.717) is 5.54 Å². The van der Waals surface area contributed by atoms with Gasteiger partial charge in [0.2, 0.25) is 0 Å². The molecule has 2 fully saturated rings. The zero-order chi connectivity index (χ0) is 14.2. The predicted octanol–water partition coefficient (Wildman–Crippen LogP) is 1.95. The second-order valence-electron chi connectivity index (χ2n) is 6.79. The van der Waals surface area contributed by atoms with E-state index in [9.17, 15) is 0 Å². The average molecular weight is 276 g/mol. The number of aromatic nitrogens is 2. The summed E-state index contributed by atoms with van der Waals surface area (Å²) in [5.41, 5.74) is 2.88. The number of aryl methyl sites for hydroxylation is 2. The Hall–Kier alpha value is -0.870. The third kappa shape index (κ3) is 2.91. The van der Waals surface area contributed by atoms with Gasteiger partial charge >= 0.3 is 0 Å². The summed E-state index contributed by atoms with van der Waals surface area (Å²) in [6.45, 7) is 9.16. The highest BCUT2D eigenvalue weighted by Gasteiger charge is 2.42. The normalized spacial score (nSPS) is 28.6. The molecule has 20 heavy (non-hydrogen) atoms. The molecule has 1 aliphatic carbocycles. The van der Waals surface area contributed by atoms with E-state index in [-0.39, 0.29) is 0 Å². The van der Waals surface area contributed by atoms with Crippen LogP contribution in [0.4, 0.5) is 0 Å². The van der Waals surface area contributed by atoms with E-state index in [1.807, 2.05) is 0 Å². The number of hydrogen-bond acceptors (Lipinski definition) is 3. The molecule has 112 valence electrons. The molecule has 3 rings (SSSR count). The highest BCUT2D eigenvalue weighted by atomic mass is 15.3. The van der Waals surface area contributed by atoms with E-state index in [1.54, 1.807) is 0 Å². The lowest BCUT2D eigenvalue weighted by Gasteiger charge is -2.34. The van der Waals surface area contributed by atoms with Gasteiger partial charge in [-0.3, -0.25) is 9.58 Å². The molecule has 1 aliphatic heterocycles. The smallest absolute Gasteiger partial charge is 0.0625 e. The molecule has 1 N–H and O–H groups in total. The Labute approximate surface area is 122 Å². The van der Waals surface area contributed by atoms with Crippen molar-refractivity contribution >= 4 is 0 Å². The molecule has 0 spiro atoms. The zero-order valence-corrected chi connectivity index (χ0v) is 13.2. The first-order valence-electron chi connectivity index (χ1n) is 8.10. The molecule has 0 radical (unpaired) electrons. The van der Waals surface area contributed by atoms with Gasteiger partial charge in [-0.2, -0.15) is 5.10 Å². The molecule has 2 aliphatic rings. The summed E-state index contributed by atoms with van der Waals surface area (Å²) >= 11 is 0. The van der Waals surface area contributed by atoms with Crippen LogP contribution < -0.4 is 5.32 Å². The Kier molecular flexibility index (Phi) is 3.87. The van der Waals surface area contributed by atoms with Gasteiger partial charge in [-0.05, 0) is 57.7 Å². The first kappa shape index (κ1) is 14.1. The molecule has 1 aromatic rings. The summed E-state index contributed by atoms with van der Waals surface area (Å²) in [4.78, 5) is 2.62. The molecule has 4 nitrogen and oxygen atoms in total. The second-order valence-corrected chi connectivity index (χ2v) is 6.79. The molecule has 1 unspecified atom stereocenters. The highest BCUT2D eigenvalue weighted by molar-refractivity contribution is 5.11. The minimum Gasteiger partial charge on any atom is -0.310 e. The summed E-state index contributed by atoms with van der Waals surface area (Å²) in [5.74, 6) is 0.890. The van der Waals surface area contributed by atoms with Crippen LogP contribution >= 0.6 is 0 Å². The van der Waals surface area contributed by atoms with Crippen molar-refractivity contribution in [2.75, 3.05) is 19.6 Å². The second kappa shape index (κ2) is 5.49. The van der Waals surface area contributed by atoms with Crippen LogP contribution in [0, 0.1) is 5.92 Å². The first-order chi connectivity index (χ1) is 9.60. The molecular weight excluding hydrogens is 248 g/mol. The lowest BCUT2D eigenvalue weighted by molar-refractivity contribution is 0.191. The largest absolute Gasteiger partial charge is 0.310 e. The van der Waals surface area contributed by atoms with E-state index in [4.69, 9.17) is 0 Å². The van der Waals surface area contributed by atoms with Gasteiger partial charge in [-0.1, -0.05) is 6.92 Å². The fourth-order valence-electron chi connectivity index (χ4n) is 3.53. The number of hydrogen-bond donors (Lipinski definition) is 1. The van der Waals surface area contributed by atoms with Crippen LogP contribution in [0.3, 0.4) is 0 Å². The molecule has 0 amide bonds. The molecule has 1 saturated heterocycles. The minimum absolute atomic E-state index is 0.322.